The summed E-state index contributed by atoms with van der Waals surface area (Å²) in [6.45, 7) is -0.143. The second kappa shape index (κ2) is 5.16. The van der Waals surface area contributed by atoms with Crippen molar-refractivity contribution in [3.8, 4) is 0 Å². The summed E-state index contributed by atoms with van der Waals surface area (Å²) in [5.74, 6) is -0.836. The first-order valence-electron chi connectivity index (χ1n) is 2.58. The zero-order valence-electron chi connectivity index (χ0n) is 5.86. The Kier molecular flexibility index (Phi) is 4.82. The van der Waals surface area contributed by atoms with Crippen LogP contribution in [0.5, 0.6) is 0 Å². The maximum atomic E-state index is 10.4. The molecule has 0 spiro atoms. The molecule has 1 N–H and O–H groups in total. The molecular weight excluding hydrogens is 140 g/mol. The molecule has 0 aliphatic heterocycles. The molecule has 0 aromatic rings. The van der Waals surface area contributed by atoms with E-state index in [9.17, 15) is 4.79 Å². The number of methoxy groups -OCH3 is 2. The molecule has 0 aromatic heterocycles. The van der Waals surface area contributed by atoms with Crippen LogP contribution in [-0.2, 0) is 19.0 Å². The highest BCUT2D eigenvalue weighted by Gasteiger charge is 2.14. The monoisotopic (exact) mass is 150 g/mol. The van der Waals surface area contributed by atoms with E-state index in [1.807, 2.05) is 0 Å². The number of ether oxygens (including phenoxy) is 3. The van der Waals surface area contributed by atoms with E-state index < -0.39 is 12.3 Å². The molecule has 0 rings (SSSR count). The van der Waals surface area contributed by atoms with Gasteiger partial charge in [-0.3, -0.25) is 0 Å². The Hall–Kier alpha value is -0.650. The minimum absolute atomic E-state index is 0.143. The molecule has 0 aromatic carbocycles. The van der Waals surface area contributed by atoms with E-state index in [2.05, 4.69) is 14.2 Å². The molecule has 60 valence electrons. The van der Waals surface area contributed by atoms with Gasteiger partial charge in [0.15, 0.2) is 0 Å². The van der Waals surface area contributed by atoms with E-state index in [1.165, 1.54) is 7.11 Å². The van der Waals surface area contributed by atoms with E-state index in [0.717, 1.165) is 7.11 Å². The number of carbonyl (C=O) groups excluding carboxylic acids is 1. The van der Waals surface area contributed by atoms with Gasteiger partial charge in [-0.2, -0.15) is 0 Å². The van der Waals surface area contributed by atoms with E-state index in [1.54, 1.807) is 0 Å². The Morgan fingerprint density at radius 2 is 2.20 bits per heavy atom. The van der Waals surface area contributed by atoms with Crippen molar-refractivity contribution in [2.45, 2.75) is 6.29 Å². The standard InChI is InChI=1S/C5H10O5/c1-8-3-10-5(7)4(6)9-2/h5,7H,3H2,1-2H3. The largest absolute Gasteiger partial charge is 0.465 e. The fourth-order valence-corrected chi connectivity index (χ4v) is 0.301. The van der Waals surface area contributed by atoms with Gasteiger partial charge in [0.1, 0.15) is 6.79 Å². The lowest BCUT2D eigenvalue weighted by Gasteiger charge is -2.07. The van der Waals surface area contributed by atoms with Crippen molar-refractivity contribution in [3.63, 3.8) is 0 Å². The summed E-state index contributed by atoms with van der Waals surface area (Å²) in [4.78, 5) is 10.4. The average molecular weight is 150 g/mol. The van der Waals surface area contributed by atoms with Gasteiger partial charge in [0.25, 0.3) is 6.29 Å². The molecule has 0 bridgehead atoms. The van der Waals surface area contributed by atoms with Crippen molar-refractivity contribution in [2.24, 2.45) is 0 Å². The van der Waals surface area contributed by atoms with Gasteiger partial charge in [-0.15, -0.1) is 0 Å². The number of aliphatic hydroxyl groups excluding tert-OH is 1. The Bertz CT molecular complexity index is 102. The van der Waals surface area contributed by atoms with Gasteiger partial charge in [-0.05, 0) is 0 Å². The van der Waals surface area contributed by atoms with E-state index in [4.69, 9.17) is 5.11 Å². The first kappa shape index (κ1) is 9.35. The second-order valence-electron chi connectivity index (χ2n) is 1.45. The summed E-state index contributed by atoms with van der Waals surface area (Å²) in [5.41, 5.74) is 0. The Morgan fingerprint density at radius 1 is 1.60 bits per heavy atom. The highest BCUT2D eigenvalue weighted by Crippen LogP contribution is 1.88. The summed E-state index contributed by atoms with van der Waals surface area (Å²) < 4.78 is 13.0. The van der Waals surface area contributed by atoms with E-state index >= 15 is 0 Å². The van der Waals surface area contributed by atoms with Crippen molar-refractivity contribution in [2.75, 3.05) is 21.0 Å². The minimum atomic E-state index is -1.55. The van der Waals surface area contributed by atoms with Crippen LogP contribution in [0.2, 0.25) is 0 Å². The second-order valence-corrected chi connectivity index (χ2v) is 1.45. The lowest BCUT2D eigenvalue weighted by molar-refractivity contribution is -0.197. The van der Waals surface area contributed by atoms with Gasteiger partial charge in [0.05, 0.1) is 7.11 Å². The van der Waals surface area contributed by atoms with Crippen LogP contribution in [0.25, 0.3) is 0 Å². The van der Waals surface area contributed by atoms with Crippen molar-refractivity contribution in [1.82, 2.24) is 0 Å². The molecule has 0 heterocycles. The topological polar surface area (TPSA) is 65.0 Å². The van der Waals surface area contributed by atoms with Gasteiger partial charge < -0.3 is 19.3 Å². The summed E-state index contributed by atoms with van der Waals surface area (Å²) >= 11 is 0. The molecule has 5 heteroatoms. The molecule has 0 radical (unpaired) electrons. The SMILES string of the molecule is COCOC(O)C(=O)OC. The van der Waals surface area contributed by atoms with Crippen LogP contribution in [0.4, 0.5) is 0 Å². The fraction of sp³-hybridized carbons (Fsp3) is 0.800. The lowest BCUT2D eigenvalue weighted by atomic mass is 10.7. The van der Waals surface area contributed by atoms with Crippen molar-refractivity contribution < 1.29 is 24.1 Å². The molecular formula is C5H10O5. The summed E-state index contributed by atoms with van der Waals surface area (Å²) in [7, 11) is 2.53. The predicted octanol–water partition coefficient (Wildman–Crippen LogP) is -0.902. The van der Waals surface area contributed by atoms with Crippen molar-refractivity contribution in [1.29, 1.82) is 0 Å². The van der Waals surface area contributed by atoms with Gasteiger partial charge >= 0.3 is 5.97 Å². The van der Waals surface area contributed by atoms with Crippen LogP contribution in [-0.4, -0.2) is 38.4 Å². The number of rotatable bonds is 4. The van der Waals surface area contributed by atoms with Crippen molar-refractivity contribution in [3.05, 3.63) is 0 Å². The predicted molar refractivity (Wildman–Crippen MR) is 31.0 cm³/mol. The smallest absolute Gasteiger partial charge is 0.363 e. The normalized spacial score (nSPS) is 12.7. The molecule has 1 unspecified atom stereocenters. The highest BCUT2D eigenvalue weighted by atomic mass is 16.7. The Morgan fingerprint density at radius 3 is 2.60 bits per heavy atom. The number of esters is 1. The quantitative estimate of drug-likeness (QED) is 0.415. The first-order valence-corrected chi connectivity index (χ1v) is 2.58. The maximum absolute atomic E-state index is 10.4. The molecule has 0 fully saturated rings. The van der Waals surface area contributed by atoms with E-state index in [-0.39, 0.29) is 6.79 Å². The van der Waals surface area contributed by atoms with E-state index in [0.29, 0.717) is 0 Å². The number of hydrogen-bond acceptors (Lipinski definition) is 5. The fourth-order valence-electron chi connectivity index (χ4n) is 0.301. The molecule has 0 saturated carbocycles. The number of hydrogen-bond donors (Lipinski definition) is 1. The molecule has 0 aliphatic rings. The molecule has 1 atom stereocenters. The molecule has 5 nitrogen and oxygen atoms in total. The molecule has 0 amide bonds. The van der Waals surface area contributed by atoms with Gasteiger partial charge in [-0.1, -0.05) is 0 Å². The zero-order chi connectivity index (χ0) is 7.98. The summed E-state index contributed by atoms with van der Waals surface area (Å²) in [6, 6.07) is 0. The van der Waals surface area contributed by atoms with Crippen LogP contribution < -0.4 is 0 Å². The Labute approximate surface area is 58.5 Å². The third-order valence-corrected chi connectivity index (χ3v) is 0.747. The molecule has 0 saturated heterocycles. The third-order valence-electron chi connectivity index (χ3n) is 0.747. The number of carbonyl (C=O) groups is 1. The van der Waals surface area contributed by atoms with Crippen LogP contribution in [0, 0.1) is 0 Å². The highest BCUT2D eigenvalue weighted by molar-refractivity contribution is 5.72. The average Bonchev–Trinajstić information content (AvgIpc) is 1.98. The summed E-state index contributed by atoms with van der Waals surface area (Å²) in [5, 5.41) is 8.67. The van der Waals surface area contributed by atoms with Crippen molar-refractivity contribution >= 4 is 5.97 Å². The van der Waals surface area contributed by atoms with Crippen LogP contribution in [0.3, 0.4) is 0 Å². The summed E-state index contributed by atoms with van der Waals surface area (Å²) in [6.07, 6.45) is -1.55. The zero-order valence-corrected chi connectivity index (χ0v) is 5.86. The maximum Gasteiger partial charge on any atom is 0.363 e. The first-order chi connectivity index (χ1) is 4.72. The number of aliphatic hydroxyl groups is 1. The van der Waals surface area contributed by atoms with Gasteiger partial charge in [0, 0.05) is 7.11 Å². The molecule has 10 heavy (non-hydrogen) atoms. The van der Waals surface area contributed by atoms with Crippen LogP contribution >= 0.6 is 0 Å². The lowest BCUT2D eigenvalue weighted by Crippen LogP contribution is -2.25. The van der Waals surface area contributed by atoms with Crippen LogP contribution in [0.1, 0.15) is 0 Å². The Balaban J connectivity index is 3.41. The van der Waals surface area contributed by atoms with Gasteiger partial charge in [0.2, 0.25) is 0 Å². The minimum Gasteiger partial charge on any atom is -0.465 e. The van der Waals surface area contributed by atoms with Gasteiger partial charge in [-0.25, -0.2) is 4.79 Å². The molecule has 0 aliphatic carbocycles. The van der Waals surface area contributed by atoms with Crippen LogP contribution in [0.15, 0.2) is 0 Å². The third kappa shape index (κ3) is 3.39.